The highest BCUT2D eigenvalue weighted by Crippen LogP contribution is 2.23. The van der Waals surface area contributed by atoms with Crippen LogP contribution in [0.5, 0.6) is 0 Å². The lowest BCUT2D eigenvalue weighted by Gasteiger charge is -2.13. The van der Waals surface area contributed by atoms with Crippen molar-refractivity contribution in [2.75, 3.05) is 4.72 Å². The first kappa shape index (κ1) is 22.8. The molecule has 0 saturated heterocycles. The maximum atomic E-state index is 12.8. The van der Waals surface area contributed by atoms with Gasteiger partial charge in [-0.15, -0.1) is 0 Å². The van der Waals surface area contributed by atoms with Crippen molar-refractivity contribution in [2.45, 2.75) is 38.1 Å². The van der Waals surface area contributed by atoms with Gasteiger partial charge in [-0.3, -0.25) is 9.52 Å². The number of aryl methyl sites for hydroxylation is 2. The smallest absolute Gasteiger partial charge is 0.261 e. The number of carbonyl (C=O) groups excluding carboxylic acids is 1. The Hall–Kier alpha value is -2.83. The summed E-state index contributed by atoms with van der Waals surface area (Å²) in [5.74, 6) is -0.366. The van der Waals surface area contributed by atoms with Crippen LogP contribution in [0, 0.1) is 0 Å². The predicted octanol–water partition coefficient (Wildman–Crippen LogP) is 5.20. The highest BCUT2D eigenvalue weighted by atomic mass is 35.5. The maximum absolute atomic E-state index is 12.8. The molecule has 0 bridgehead atoms. The number of hydrogen-bond acceptors (Lipinski definition) is 3. The van der Waals surface area contributed by atoms with Gasteiger partial charge in [0.15, 0.2) is 0 Å². The third-order valence-electron chi connectivity index (χ3n) is 5.02. The second-order valence-corrected chi connectivity index (χ2v) is 9.20. The van der Waals surface area contributed by atoms with E-state index in [1.807, 2.05) is 0 Å². The molecule has 3 aromatic rings. The van der Waals surface area contributed by atoms with E-state index in [0.29, 0.717) is 6.54 Å². The fourth-order valence-electron chi connectivity index (χ4n) is 3.26. The Morgan fingerprint density at radius 1 is 0.903 bits per heavy atom. The summed E-state index contributed by atoms with van der Waals surface area (Å²) in [6.45, 7) is 4.53. The van der Waals surface area contributed by atoms with Gasteiger partial charge in [-0.05, 0) is 59.9 Å². The molecular formula is C24H25ClN2O3S. The second-order valence-electron chi connectivity index (χ2n) is 7.11. The Labute approximate surface area is 188 Å². The Bertz CT molecular complexity index is 1180. The quantitative estimate of drug-likeness (QED) is 0.489. The van der Waals surface area contributed by atoms with E-state index in [-0.39, 0.29) is 27.1 Å². The van der Waals surface area contributed by atoms with Crippen LogP contribution in [0.15, 0.2) is 71.6 Å². The van der Waals surface area contributed by atoms with Crippen molar-refractivity contribution < 1.29 is 13.2 Å². The topological polar surface area (TPSA) is 75.3 Å². The summed E-state index contributed by atoms with van der Waals surface area (Å²) >= 11 is 6.23. The first-order valence-corrected chi connectivity index (χ1v) is 12.0. The van der Waals surface area contributed by atoms with E-state index in [4.69, 9.17) is 11.6 Å². The molecule has 0 aliphatic carbocycles. The van der Waals surface area contributed by atoms with Gasteiger partial charge in [0.2, 0.25) is 0 Å². The largest absolute Gasteiger partial charge is 0.348 e. The molecule has 3 rings (SSSR count). The zero-order chi connectivity index (χ0) is 22.4. The number of benzene rings is 3. The van der Waals surface area contributed by atoms with Gasteiger partial charge >= 0.3 is 0 Å². The third-order valence-corrected chi connectivity index (χ3v) is 6.74. The minimum Gasteiger partial charge on any atom is -0.348 e. The number of rotatable bonds is 8. The lowest BCUT2D eigenvalue weighted by Crippen LogP contribution is -2.24. The SMILES string of the molecule is CCc1ccc(CC)c(CNC(=O)c2cc(NS(=O)(=O)c3ccccc3)ccc2Cl)c1. The molecule has 0 aromatic heterocycles. The first-order chi connectivity index (χ1) is 14.8. The molecule has 0 fully saturated rings. The maximum Gasteiger partial charge on any atom is 0.261 e. The number of halogens is 1. The summed E-state index contributed by atoms with van der Waals surface area (Å²) in [7, 11) is -3.77. The molecule has 0 heterocycles. The van der Waals surface area contributed by atoms with Gasteiger partial charge in [0.25, 0.3) is 15.9 Å². The van der Waals surface area contributed by atoms with Crippen LogP contribution in [0.1, 0.15) is 40.9 Å². The highest BCUT2D eigenvalue weighted by Gasteiger charge is 2.17. The Kier molecular flexibility index (Phi) is 7.36. The van der Waals surface area contributed by atoms with Gasteiger partial charge in [-0.1, -0.05) is 61.8 Å². The van der Waals surface area contributed by atoms with Crippen LogP contribution in [-0.4, -0.2) is 14.3 Å². The van der Waals surface area contributed by atoms with Crippen molar-refractivity contribution in [1.82, 2.24) is 5.32 Å². The van der Waals surface area contributed by atoms with E-state index in [9.17, 15) is 13.2 Å². The Morgan fingerprint density at radius 3 is 2.32 bits per heavy atom. The van der Waals surface area contributed by atoms with Crippen molar-refractivity contribution in [2.24, 2.45) is 0 Å². The average Bonchev–Trinajstić information content (AvgIpc) is 2.79. The molecular weight excluding hydrogens is 432 g/mol. The summed E-state index contributed by atoms with van der Waals surface area (Å²) in [6.07, 6.45) is 1.78. The molecule has 3 aromatic carbocycles. The lowest BCUT2D eigenvalue weighted by atomic mass is 10.0. The Balaban J connectivity index is 1.78. The van der Waals surface area contributed by atoms with Gasteiger partial charge in [-0.25, -0.2) is 8.42 Å². The zero-order valence-electron chi connectivity index (χ0n) is 17.5. The molecule has 0 saturated carbocycles. The monoisotopic (exact) mass is 456 g/mol. The molecule has 5 nitrogen and oxygen atoms in total. The number of sulfonamides is 1. The summed E-state index contributed by atoms with van der Waals surface area (Å²) in [4.78, 5) is 12.9. The minimum absolute atomic E-state index is 0.138. The fourth-order valence-corrected chi connectivity index (χ4v) is 4.53. The predicted molar refractivity (Wildman–Crippen MR) is 125 cm³/mol. The number of amides is 1. The normalized spacial score (nSPS) is 11.2. The number of anilines is 1. The molecule has 0 radical (unpaired) electrons. The fraction of sp³-hybridized carbons (Fsp3) is 0.208. The molecule has 31 heavy (non-hydrogen) atoms. The van der Waals surface area contributed by atoms with E-state index in [1.165, 1.54) is 41.5 Å². The summed E-state index contributed by atoms with van der Waals surface area (Å²) in [6, 6.07) is 18.8. The van der Waals surface area contributed by atoms with Crippen molar-refractivity contribution in [1.29, 1.82) is 0 Å². The molecule has 0 unspecified atom stereocenters. The van der Waals surface area contributed by atoms with Crippen LogP contribution in [0.4, 0.5) is 5.69 Å². The first-order valence-electron chi connectivity index (χ1n) is 10.1. The summed E-state index contributed by atoms with van der Waals surface area (Å²) in [5, 5.41) is 3.15. The zero-order valence-corrected chi connectivity index (χ0v) is 19.1. The summed E-state index contributed by atoms with van der Waals surface area (Å²) in [5.41, 5.74) is 3.91. The Morgan fingerprint density at radius 2 is 1.65 bits per heavy atom. The average molecular weight is 457 g/mol. The van der Waals surface area contributed by atoms with E-state index in [2.05, 4.69) is 42.1 Å². The van der Waals surface area contributed by atoms with E-state index < -0.39 is 10.0 Å². The molecule has 0 aliphatic heterocycles. The number of hydrogen-bond donors (Lipinski definition) is 2. The molecule has 0 spiro atoms. The van der Waals surface area contributed by atoms with Gasteiger partial charge in [-0.2, -0.15) is 0 Å². The van der Waals surface area contributed by atoms with Crippen molar-refractivity contribution >= 4 is 33.2 Å². The van der Waals surface area contributed by atoms with E-state index >= 15 is 0 Å². The number of nitrogens with one attached hydrogen (secondary N) is 2. The van der Waals surface area contributed by atoms with Gasteiger partial charge < -0.3 is 5.32 Å². The standard InChI is InChI=1S/C24H25ClN2O3S/c1-3-17-10-11-18(4-2)19(14-17)16-26-24(28)22-15-20(12-13-23(22)25)27-31(29,30)21-8-6-5-7-9-21/h5-15,27H,3-4,16H2,1-2H3,(H,26,28). The van der Waals surface area contributed by atoms with Crippen LogP contribution in [0.2, 0.25) is 5.02 Å². The van der Waals surface area contributed by atoms with Crippen molar-refractivity contribution in [3.63, 3.8) is 0 Å². The summed E-state index contributed by atoms with van der Waals surface area (Å²) < 4.78 is 27.6. The van der Waals surface area contributed by atoms with Crippen molar-refractivity contribution in [3.05, 3.63) is 94.0 Å². The van der Waals surface area contributed by atoms with Crippen LogP contribution in [0.3, 0.4) is 0 Å². The van der Waals surface area contributed by atoms with Crippen LogP contribution in [0.25, 0.3) is 0 Å². The molecule has 2 N–H and O–H groups in total. The molecule has 162 valence electrons. The van der Waals surface area contributed by atoms with Gasteiger partial charge in [0.1, 0.15) is 0 Å². The van der Waals surface area contributed by atoms with Gasteiger partial charge in [0.05, 0.1) is 15.5 Å². The third kappa shape index (κ3) is 5.66. The van der Waals surface area contributed by atoms with E-state index in [1.54, 1.807) is 18.2 Å². The van der Waals surface area contributed by atoms with Crippen molar-refractivity contribution in [3.8, 4) is 0 Å². The minimum atomic E-state index is -3.77. The van der Waals surface area contributed by atoms with Gasteiger partial charge in [0, 0.05) is 12.2 Å². The number of carbonyl (C=O) groups is 1. The second kappa shape index (κ2) is 9.98. The molecule has 0 aliphatic rings. The van der Waals surface area contributed by atoms with E-state index in [0.717, 1.165) is 18.4 Å². The molecule has 7 heteroatoms. The lowest BCUT2D eigenvalue weighted by molar-refractivity contribution is 0.0951. The molecule has 1 amide bonds. The molecule has 0 atom stereocenters. The van der Waals surface area contributed by atoms with Crippen LogP contribution in [-0.2, 0) is 29.4 Å². The van der Waals surface area contributed by atoms with Crippen LogP contribution >= 0.6 is 11.6 Å². The highest BCUT2D eigenvalue weighted by molar-refractivity contribution is 7.92. The van der Waals surface area contributed by atoms with Crippen LogP contribution < -0.4 is 10.0 Å².